The zero-order valence-corrected chi connectivity index (χ0v) is 13.3. The number of carbonyl (C=O) groups is 1. The number of halogens is 1. The lowest BCUT2D eigenvalue weighted by Gasteiger charge is -2.14. The number of hydrogen-bond donors (Lipinski definition) is 2. The summed E-state index contributed by atoms with van der Waals surface area (Å²) in [5.74, 6) is -0.390. The second kappa shape index (κ2) is 6.57. The van der Waals surface area contributed by atoms with Crippen molar-refractivity contribution >= 4 is 33.2 Å². The van der Waals surface area contributed by atoms with Crippen molar-refractivity contribution in [1.29, 1.82) is 0 Å². The lowest BCUT2D eigenvalue weighted by atomic mass is 10.1. The van der Waals surface area contributed by atoms with Gasteiger partial charge in [0.2, 0.25) is 0 Å². The summed E-state index contributed by atoms with van der Waals surface area (Å²) in [5.41, 5.74) is 6.41. The van der Waals surface area contributed by atoms with E-state index in [4.69, 9.17) is 5.73 Å². The molecule has 2 rings (SSSR count). The van der Waals surface area contributed by atoms with E-state index in [9.17, 15) is 14.9 Å². The van der Waals surface area contributed by atoms with Crippen molar-refractivity contribution in [2.75, 3.05) is 5.73 Å². The summed E-state index contributed by atoms with van der Waals surface area (Å²) in [6.07, 6.45) is 0. The average Bonchev–Trinajstić information content (AvgIpc) is 2.47. The third-order valence-electron chi connectivity index (χ3n) is 3.21. The fraction of sp³-hybridized carbons (Fsp3) is 0.133. The van der Waals surface area contributed by atoms with E-state index in [-0.39, 0.29) is 23.0 Å². The second-order valence-corrected chi connectivity index (χ2v) is 5.69. The molecule has 1 amide bonds. The number of nitro groups is 1. The van der Waals surface area contributed by atoms with Crippen LogP contribution in [0.25, 0.3) is 0 Å². The molecule has 2 aromatic carbocycles. The summed E-state index contributed by atoms with van der Waals surface area (Å²) in [6.45, 7) is 1.84. The highest BCUT2D eigenvalue weighted by atomic mass is 79.9. The molecule has 0 aliphatic carbocycles. The molecular formula is C15H14BrN3O3. The number of nitrogen functional groups attached to an aromatic ring is 1. The maximum absolute atomic E-state index is 12.2. The minimum Gasteiger partial charge on any atom is -0.393 e. The Bertz CT molecular complexity index is 716. The van der Waals surface area contributed by atoms with Gasteiger partial charge in [-0.25, -0.2) is 0 Å². The molecule has 0 saturated heterocycles. The Kier molecular flexibility index (Phi) is 4.77. The Morgan fingerprint density at radius 3 is 2.50 bits per heavy atom. The van der Waals surface area contributed by atoms with E-state index >= 15 is 0 Å². The van der Waals surface area contributed by atoms with Crippen LogP contribution in [0.1, 0.15) is 28.9 Å². The van der Waals surface area contributed by atoms with Crippen LogP contribution in [-0.4, -0.2) is 10.8 Å². The molecule has 0 radical (unpaired) electrons. The Hall–Kier alpha value is -2.41. The molecule has 7 heteroatoms. The Labute approximate surface area is 135 Å². The van der Waals surface area contributed by atoms with Gasteiger partial charge >= 0.3 is 0 Å². The number of nitrogens with two attached hydrogens (primary N) is 1. The molecular weight excluding hydrogens is 350 g/mol. The summed E-state index contributed by atoms with van der Waals surface area (Å²) in [5, 5.41) is 13.7. The zero-order valence-electron chi connectivity index (χ0n) is 11.7. The van der Waals surface area contributed by atoms with Gasteiger partial charge in [-0.2, -0.15) is 0 Å². The molecule has 22 heavy (non-hydrogen) atoms. The van der Waals surface area contributed by atoms with E-state index < -0.39 is 10.8 Å². The van der Waals surface area contributed by atoms with Crippen LogP contribution in [0.3, 0.4) is 0 Å². The molecule has 0 heterocycles. The summed E-state index contributed by atoms with van der Waals surface area (Å²) in [4.78, 5) is 22.5. The van der Waals surface area contributed by atoms with Gasteiger partial charge in [-0.05, 0) is 36.8 Å². The molecule has 0 fully saturated rings. The standard InChI is InChI=1S/C15H14BrN3O3/c1-9(10-2-5-12(16)6-3-10)18-15(20)11-4-7-13(17)14(8-11)19(21)22/h2-9H,17H2,1H3,(H,18,20). The predicted molar refractivity (Wildman–Crippen MR) is 87.5 cm³/mol. The average molecular weight is 364 g/mol. The van der Waals surface area contributed by atoms with Gasteiger partial charge in [0, 0.05) is 16.1 Å². The van der Waals surface area contributed by atoms with Gasteiger partial charge < -0.3 is 11.1 Å². The fourth-order valence-electron chi connectivity index (χ4n) is 1.96. The number of amides is 1. The zero-order chi connectivity index (χ0) is 16.3. The normalized spacial score (nSPS) is 11.7. The highest BCUT2D eigenvalue weighted by Gasteiger charge is 2.17. The second-order valence-electron chi connectivity index (χ2n) is 4.78. The number of carbonyl (C=O) groups excluding carboxylic acids is 1. The van der Waals surface area contributed by atoms with Crippen molar-refractivity contribution in [3.8, 4) is 0 Å². The van der Waals surface area contributed by atoms with Crippen LogP contribution in [0, 0.1) is 10.1 Å². The van der Waals surface area contributed by atoms with E-state index in [0.717, 1.165) is 10.0 Å². The number of benzene rings is 2. The molecule has 0 bridgehead atoms. The van der Waals surface area contributed by atoms with E-state index in [1.54, 1.807) is 0 Å². The lowest BCUT2D eigenvalue weighted by Crippen LogP contribution is -2.26. The first-order valence-corrected chi connectivity index (χ1v) is 7.28. The third-order valence-corrected chi connectivity index (χ3v) is 3.74. The summed E-state index contributed by atoms with van der Waals surface area (Å²) < 4.78 is 0.948. The molecule has 6 nitrogen and oxygen atoms in total. The van der Waals surface area contributed by atoms with E-state index in [1.165, 1.54) is 18.2 Å². The highest BCUT2D eigenvalue weighted by Crippen LogP contribution is 2.23. The van der Waals surface area contributed by atoms with E-state index in [2.05, 4.69) is 21.2 Å². The largest absolute Gasteiger partial charge is 0.393 e. The molecule has 0 aromatic heterocycles. The Morgan fingerprint density at radius 2 is 1.91 bits per heavy atom. The van der Waals surface area contributed by atoms with Gasteiger partial charge in [-0.3, -0.25) is 14.9 Å². The highest BCUT2D eigenvalue weighted by molar-refractivity contribution is 9.10. The first kappa shape index (κ1) is 16.0. The van der Waals surface area contributed by atoms with Crippen LogP contribution in [0.5, 0.6) is 0 Å². The minimum absolute atomic E-state index is 0.0301. The van der Waals surface area contributed by atoms with Crippen molar-refractivity contribution in [2.24, 2.45) is 0 Å². The SMILES string of the molecule is CC(NC(=O)c1ccc(N)c([N+](=O)[O-])c1)c1ccc(Br)cc1. The van der Waals surface area contributed by atoms with Gasteiger partial charge in [0.25, 0.3) is 11.6 Å². The van der Waals surface area contributed by atoms with E-state index in [0.29, 0.717) is 0 Å². The Morgan fingerprint density at radius 1 is 1.27 bits per heavy atom. The summed E-state index contributed by atoms with van der Waals surface area (Å²) in [7, 11) is 0. The molecule has 0 saturated carbocycles. The molecule has 0 spiro atoms. The monoisotopic (exact) mass is 363 g/mol. The maximum atomic E-state index is 12.2. The van der Waals surface area contributed by atoms with Gasteiger partial charge in [0.15, 0.2) is 0 Å². The summed E-state index contributed by atoms with van der Waals surface area (Å²) >= 11 is 3.35. The lowest BCUT2D eigenvalue weighted by molar-refractivity contribution is -0.383. The van der Waals surface area contributed by atoms with Crippen molar-refractivity contribution in [3.05, 3.63) is 68.2 Å². The predicted octanol–water partition coefficient (Wildman–Crippen LogP) is 3.43. The van der Waals surface area contributed by atoms with E-state index in [1.807, 2.05) is 31.2 Å². The number of nitrogens with one attached hydrogen (secondary N) is 1. The fourth-order valence-corrected chi connectivity index (χ4v) is 2.22. The van der Waals surface area contributed by atoms with Crippen LogP contribution in [0.15, 0.2) is 46.9 Å². The molecule has 0 aliphatic rings. The van der Waals surface area contributed by atoms with Crippen molar-refractivity contribution in [1.82, 2.24) is 5.32 Å². The maximum Gasteiger partial charge on any atom is 0.292 e. The molecule has 0 aliphatic heterocycles. The van der Waals surface area contributed by atoms with Crippen LogP contribution in [-0.2, 0) is 0 Å². The van der Waals surface area contributed by atoms with Crippen LogP contribution < -0.4 is 11.1 Å². The number of hydrogen-bond acceptors (Lipinski definition) is 4. The van der Waals surface area contributed by atoms with Gasteiger partial charge in [0.1, 0.15) is 5.69 Å². The van der Waals surface area contributed by atoms with Gasteiger partial charge in [-0.1, -0.05) is 28.1 Å². The molecule has 1 unspecified atom stereocenters. The third kappa shape index (κ3) is 3.62. The van der Waals surface area contributed by atoms with Crippen molar-refractivity contribution in [2.45, 2.75) is 13.0 Å². The number of nitrogens with zero attached hydrogens (tertiary/aromatic N) is 1. The van der Waals surface area contributed by atoms with Gasteiger partial charge in [-0.15, -0.1) is 0 Å². The van der Waals surface area contributed by atoms with Crippen molar-refractivity contribution in [3.63, 3.8) is 0 Å². The number of anilines is 1. The van der Waals surface area contributed by atoms with Crippen LogP contribution in [0.4, 0.5) is 11.4 Å². The number of rotatable bonds is 4. The first-order valence-electron chi connectivity index (χ1n) is 6.48. The smallest absolute Gasteiger partial charge is 0.292 e. The minimum atomic E-state index is -0.607. The van der Waals surface area contributed by atoms with Crippen molar-refractivity contribution < 1.29 is 9.72 Å². The van der Waals surface area contributed by atoms with Gasteiger partial charge in [0.05, 0.1) is 11.0 Å². The first-order chi connectivity index (χ1) is 10.4. The Balaban J connectivity index is 2.16. The molecule has 114 valence electrons. The molecule has 1 atom stereocenters. The molecule has 2 aromatic rings. The summed E-state index contributed by atoms with van der Waals surface area (Å²) in [6, 6.07) is 11.3. The molecule has 3 N–H and O–H groups in total. The topological polar surface area (TPSA) is 98.3 Å². The quantitative estimate of drug-likeness (QED) is 0.493. The van der Waals surface area contributed by atoms with Crippen LogP contribution in [0.2, 0.25) is 0 Å². The number of nitro benzene ring substituents is 1. The van der Waals surface area contributed by atoms with Crippen LogP contribution >= 0.6 is 15.9 Å².